The second kappa shape index (κ2) is 6.24. The molecular weight excluding hydrogens is 346 g/mol. The minimum Gasteiger partial charge on any atom is -0.350 e. The van der Waals surface area contributed by atoms with Gasteiger partial charge in [-0.25, -0.2) is 0 Å². The number of hydrogen-bond acceptors (Lipinski definition) is 3. The molecule has 1 fully saturated rings. The van der Waals surface area contributed by atoms with Gasteiger partial charge >= 0.3 is 0 Å². The summed E-state index contributed by atoms with van der Waals surface area (Å²) in [6, 6.07) is 16.9. The number of nitrogens with one attached hydrogen (secondary N) is 1. The molecule has 0 radical (unpaired) electrons. The molecule has 0 spiro atoms. The number of hydrogen-bond donors (Lipinski definition) is 1. The molecule has 5 nitrogen and oxygen atoms in total. The van der Waals surface area contributed by atoms with E-state index in [0.717, 1.165) is 16.5 Å². The molecule has 2 aromatic carbocycles. The maximum absolute atomic E-state index is 13.0. The van der Waals surface area contributed by atoms with Crippen LogP contribution in [0.15, 0.2) is 66.4 Å². The summed E-state index contributed by atoms with van der Waals surface area (Å²) in [4.78, 5) is 26.8. The number of thiocarbonyl (C=S) groups is 1. The number of aryl methyl sites for hydroxylation is 1. The third kappa shape index (κ3) is 2.60. The van der Waals surface area contributed by atoms with Crippen molar-refractivity contribution in [2.24, 2.45) is 7.05 Å². The van der Waals surface area contributed by atoms with E-state index in [1.807, 2.05) is 60.3 Å². The lowest BCUT2D eigenvalue weighted by Crippen LogP contribution is -2.54. The molecule has 6 heteroatoms. The first-order valence-electron chi connectivity index (χ1n) is 8.07. The van der Waals surface area contributed by atoms with Crippen LogP contribution in [0.2, 0.25) is 0 Å². The van der Waals surface area contributed by atoms with E-state index in [1.165, 1.54) is 4.90 Å². The molecule has 3 aromatic rings. The Kier molecular flexibility index (Phi) is 3.89. The van der Waals surface area contributed by atoms with E-state index < -0.39 is 11.8 Å². The molecule has 1 aliphatic rings. The van der Waals surface area contributed by atoms with Crippen LogP contribution in [-0.4, -0.2) is 21.5 Å². The lowest BCUT2D eigenvalue weighted by molar-refractivity contribution is -0.122. The largest absolute Gasteiger partial charge is 0.350 e. The van der Waals surface area contributed by atoms with Crippen LogP contribution < -0.4 is 10.2 Å². The molecule has 1 aromatic heterocycles. The maximum Gasteiger partial charge on any atom is 0.270 e. The van der Waals surface area contributed by atoms with Crippen molar-refractivity contribution < 1.29 is 9.59 Å². The standard InChI is InChI=1S/C20H15N3O2S/c1-22-12-13(15-9-5-6-10-17(15)22)11-16-18(24)21-20(26)23(19(16)25)14-7-3-2-4-8-14/h2-12H,1H3,(H,21,24,26)/b16-11-. The number of aromatic nitrogens is 1. The van der Waals surface area contributed by atoms with E-state index >= 15 is 0 Å². The van der Waals surface area contributed by atoms with Gasteiger partial charge in [-0.15, -0.1) is 0 Å². The lowest BCUT2D eigenvalue weighted by Gasteiger charge is -2.28. The summed E-state index contributed by atoms with van der Waals surface area (Å²) in [5, 5.41) is 3.67. The average Bonchev–Trinajstić information content (AvgIpc) is 2.96. The fourth-order valence-corrected chi connectivity index (χ4v) is 3.39. The quantitative estimate of drug-likeness (QED) is 0.434. The molecule has 4 rings (SSSR count). The predicted octanol–water partition coefficient (Wildman–Crippen LogP) is 3.01. The van der Waals surface area contributed by atoms with Crippen LogP contribution in [-0.2, 0) is 16.6 Å². The van der Waals surface area contributed by atoms with E-state index in [1.54, 1.807) is 18.2 Å². The normalized spacial score (nSPS) is 16.4. The Morgan fingerprint density at radius 3 is 2.46 bits per heavy atom. The number of carbonyl (C=O) groups is 2. The number of para-hydroxylation sites is 2. The first kappa shape index (κ1) is 16.2. The summed E-state index contributed by atoms with van der Waals surface area (Å²) in [6.45, 7) is 0. The zero-order valence-corrected chi connectivity index (χ0v) is 14.8. The molecule has 0 atom stereocenters. The highest BCUT2D eigenvalue weighted by Gasteiger charge is 2.34. The lowest BCUT2D eigenvalue weighted by atomic mass is 10.1. The van der Waals surface area contributed by atoms with E-state index in [4.69, 9.17) is 12.2 Å². The monoisotopic (exact) mass is 361 g/mol. The molecule has 0 bridgehead atoms. The highest BCUT2D eigenvalue weighted by molar-refractivity contribution is 7.80. The van der Waals surface area contributed by atoms with Crippen molar-refractivity contribution in [3.63, 3.8) is 0 Å². The summed E-state index contributed by atoms with van der Waals surface area (Å²) in [6.07, 6.45) is 3.52. The number of fused-ring (bicyclic) bond motifs is 1. The molecule has 128 valence electrons. The molecule has 1 aliphatic heterocycles. The topological polar surface area (TPSA) is 54.3 Å². The van der Waals surface area contributed by atoms with Gasteiger partial charge in [-0.3, -0.25) is 19.8 Å². The number of nitrogens with zero attached hydrogens (tertiary/aromatic N) is 2. The highest BCUT2D eigenvalue weighted by atomic mass is 32.1. The van der Waals surface area contributed by atoms with Crippen LogP contribution in [0.1, 0.15) is 5.56 Å². The first-order chi connectivity index (χ1) is 12.6. The van der Waals surface area contributed by atoms with Crippen molar-refractivity contribution in [2.75, 3.05) is 4.90 Å². The van der Waals surface area contributed by atoms with Gasteiger partial charge in [0, 0.05) is 29.7 Å². The molecule has 2 heterocycles. The van der Waals surface area contributed by atoms with E-state index in [0.29, 0.717) is 5.69 Å². The molecule has 26 heavy (non-hydrogen) atoms. The summed E-state index contributed by atoms with van der Waals surface area (Å²) < 4.78 is 1.96. The van der Waals surface area contributed by atoms with Crippen LogP contribution in [0.3, 0.4) is 0 Å². The Bertz CT molecular complexity index is 1080. The summed E-state index contributed by atoms with van der Waals surface area (Å²) in [5.41, 5.74) is 2.51. The van der Waals surface area contributed by atoms with Gasteiger partial charge in [-0.2, -0.15) is 0 Å². The van der Waals surface area contributed by atoms with Gasteiger partial charge in [0.25, 0.3) is 11.8 Å². The summed E-state index contributed by atoms with van der Waals surface area (Å²) in [7, 11) is 1.93. The zero-order chi connectivity index (χ0) is 18.3. The number of benzene rings is 2. The molecule has 0 saturated carbocycles. The van der Waals surface area contributed by atoms with E-state index in [2.05, 4.69) is 5.32 Å². The summed E-state index contributed by atoms with van der Waals surface area (Å²) in [5.74, 6) is -0.919. The highest BCUT2D eigenvalue weighted by Crippen LogP contribution is 2.25. The Labute approximate surface area is 155 Å². The van der Waals surface area contributed by atoms with Gasteiger partial charge in [0.05, 0.1) is 5.69 Å². The van der Waals surface area contributed by atoms with Gasteiger partial charge in [0.2, 0.25) is 0 Å². The Morgan fingerprint density at radius 2 is 1.69 bits per heavy atom. The zero-order valence-electron chi connectivity index (χ0n) is 14.0. The van der Waals surface area contributed by atoms with Crippen molar-refractivity contribution in [1.29, 1.82) is 0 Å². The smallest absolute Gasteiger partial charge is 0.270 e. The molecule has 1 saturated heterocycles. The van der Waals surface area contributed by atoms with Crippen LogP contribution >= 0.6 is 12.2 Å². The van der Waals surface area contributed by atoms with Gasteiger partial charge in [-0.05, 0) is 36.5 Å². The van der Waals surface area contributed by atoms with Crippen LogP contribution in [0, 0.1) is 0 Å². The predicted molar refractivity (Wildman–Crippen MR) is 106 cm³/mol. The van der Waals surface area contributed by atoms with Crippen molar-refractivity contribution in [1.82, 2.24) is 9.88 Å². The third-order valence-corrected chi connectivity index (χ3v) is 4.63. The first-order valence-corrected chi connectivity index (χ1v) is 8.47. The number of amides is 2. The van der Waals surface area contributed by atoms with Crippen molar-refractivity contribution in [2.45, 2.75) is 0 Å². The second-order valence-electron chi connectivity index (χ2n) is 6.01. The fourth-order valence-electron chi connectivity index (χ4n) is 3.11. The van der Waals surface area contributed by atoms with Crippen molar-refractivity contribution in [3.8, 4) is 0 Å². The molecule has 0 aliphatic carbocycles. The number of rotatable bonds is 2. The van der Waals surface area contributed by atoms with Crippen molar-refractivity contribution >= 4 is 51.8 Å². The van der Waals surface area contributed by atoms with Crippen molar-refractivity contribution in [3.05, 3.63) is 71.9 Å². The van der Waals surface area contributed by atoms with Crippen LogP contribution in [0.4, 0.5) is 5.69 Å². The summed E-state index contributed by atoms with van der Waals surface area (Å²) >= 11 is 5.20. The van der Waals surface area contributed by atoms with Gasteiger partial charge < -0.3 is 4.57 Å². The van der Waals surface area contributed by atoms with Gasteiger partial charge in [0.1, 0.15) is 5.57 Å². The van der Waals surface area contributed by atoms with E-state index in [-0.39, 0.29) is 10.7 Å². The Balaban J connectivity index is 1.82. The minimum absolute atomic E-state index is 0.0545. The molecule has 2 amide bonds. The second-order valence-corrected chi connectivity index (χ2v) is 6.39. The van der Waals surface area contributed by atoms with Crippen LogP contribution in [0.25, 0.3) is 17.0 Å². The molecular formula is C20H15N3O2S. The van der Waals surface area contributed by atoms with Crippen LogP contribution in [0.5, 0.6) is 0 Å². The van der Waals surface area contributed by atoms with Gasteiger partial charge in [0.15, 0.2) is 5.11 Å². The maximum atomic E-state index is 13.0. The number of carbonyl (C=O) groups excluding carboxylic acids is 2. The van der Waals surface area contributed by atoms with Gasteiger partial charge in [-0.1, -0.05) is 36.4 Å². The minimum atomic E-state index is -0.486. The number of anilines is 1. The Morgan fingerprint density at radius 1 is 1.00 bits per heavy atom. The third-order valence-electron chi connectivity index (χ3n) is 4.34. The SMILES string of the molecule is Cn1cc(/C=C2/C(=O)NC(=S)N(c3ccccc3)C2=O)c2ccccc21. The Hall–Kier alpha value is -3.25. The average molecular weight is 361 g/mol. The molecule has 1 N–H and O–H groups in total. The molecule has 0 unspecified atom stereocenters. The fraction of sp³-hybridized carbons (Fsp3) is 0.0500. The van der Waals surface area contributed by atoms with E-state index in [9.17, 15) is 9.59 Å².